The predicted molar refractivity (Wildman–Crippen MR) is 98.7 cm³/mol. The molecule has 2 fully saturated rings. The van der Waals surface area contributed by atoms with E-state index in [2.05, 4.69) is 0 Å². The number of likely N-dealkylation sites (N-methyl/N-ethyl adjacent to an activating group) is 1. The van der Waals surface area contributed by atoms with Crippen molar-refractivity contribution in [2.24, 2.45) is 0 Å². The van der Waals surface area contributed by atoms with Crippen LogP contribution in [0.3, 0.4) is 0 Å². The van der Waals surface area contributed by atoms with Crippen LogP contribution in [0.1, 0.15) is 34.1 Å². The number of carboxylic acid groups (broad SMARTS) is 1. The molecule has 0 aromatic heterocycles. The van der Waals surface area contributed by atoms with Crippen molar-refractivity contribution in [2.75, 3.05) is 18.5 Å². The molecule has 2 aliphatic heterocycles. The van der Waals surface area contributed by atoms with Gasteiger partial charge in [-0.15, -0.1) is 0 Å². The lowest BCUT2D eigenvalue weighted by Gasteiger charge is -2.32. The summed E-state index contributed by atoms with van der Waals surface area (Å²) in [5.74, 6) is -0.0773. The number of amides is 2. The van der Waals surface area contributed by atoms with E-state index >= 15 is 0 Å². The number of hydrogen-bond donors (Lipinski definition) is 1. The summed E-state index contributed by atoms with van der Waals surface area (Å²) in [5.41, 5.74) is 0.820. The molecular formula is C18H25BN2O5. The van der Waals surface area contributed by atoms with Gasteiger partial charge < -0.3 is 24.2 Å². The molecule has 2 amide bonds. The van der Waals surface area contributed by atoms with E-state index in [1.165, 1.54) is 11.9 Å². The number of nitrogens with zero attached hydrogens (tertiary/aromatic N) is 2. The number of carbonyl (C=O) groups excluding carboxylic acids is 1. The topological polar surface area (TPSA) is 79.3 Å². The quantitative estimate of drug-likeness (QED) is 0.830. The highest BCUT2D eigenvalue weighted by Crippen LogP contribution is 2.36. The van der Waals surface area contributed by atoms with Gasteiger partial charge in [0.15, 0.2) is 0 Å². The van der Waals surface area contributed by atoms with E-state index in [4.69, 9.17) is 14.4 Å². The van der Waals surface area contributed by atoms with Crippen LogP contribution in [-0.4, -0.2) is 60.0 Å². The highest BCUT2D eigenvalue weighted by atomic mass is 16.7. The first-order valence-electron chi connectivity index (χ1n) is 8.73. The summed E-state index contributed by atoms with van der Waals surface area (Å²) in [5, 5.41) is 9.10. The summed E-state index contributed by atoms with van der Waals surface area (Å²) >= 11 is 0. The Morgan fingerprint density at radius 2 is 1.73 bits per heavy atom. The van der Waals surface area contributed by atoms with Crippen molar-refractivity contribution in [3.63, 3.8) is 0 Å². The van der Waals surface area contributed by atoms with Crippen LogP contribution < -0.4 is 10.4 Å². The van der Waals surface area contributed by atoms with Gasteiger partial charge in [-0.3, -0.25) is 4.79 Å². The third kappa shape index (κ3) is 3.19. The Hall–Kier alpha value is -2.06. The molecule has 7 nitrogen and oxygen atoms in total. The van der Waals surface area contributed by atoms with Gasteiger partial charge in [-0.25, -0.2) is 4.79 Å². The van der Waals surface area contributed by atoms with E-state index in [0.717, 1.165) is 11.2 Å². The molecule has 1 aromatic carbocycles. The lowest BCUT2D eigenvalue weighted by atomic mass is 9.79. The highest BCUT2D eigenvalue weighted by molar-refractivity contribution is 6.62. The molecule has 3 rings (SSSR count). The van der Waals surface area contributed by atoms with E-state index in [1.807, 2.05) is 52.0 Å². The molecular weight excluding hydrogens is 335 g/mol. The van der Waals surface area contributed by atoms with Crippen LogP contribution in [0.25, 0.3) is 0 Å². The molecule has 1 atom stereocenters. The second-order valence-corrected chi connectivity index (χ2v) is 7.94. The second-order valence-electron chi connectivity index (χ2n) is 7.94. The first-order valence-corrected chi connectivity index (χ1v) is 8.73. The van der Waals surface area contributed by atoms with Gasteiger partial charge in [0.25, 0.3) is 0 Å². The van der Waals surface area contributed by atoms with Gasteiger partial charge in [-0.1, -0.05) is 12.1 Å². The van der Waals surface area contributed by atoms with Crippen LogP contribution in [0.2, 0.25) is 0 Å². The molecule has 0 aliphatic carbocycles. The fourth-order valence-electron chi connectivity index (χ4n) is 3.14. The molecule has 0 saturated carbocycles. The summed E-state index contributed by atoms with van der Waals surface area (Å²) in [4.78, 5) is 26.2. The largest absolute Gasteiger partial charge is 0.494 e. The zero-order valence-corrected chi connectivity index (χ0v) is 15.9. The Balaban J connectivity index is 1.73. The number of rotatable bonds is 3. The monoisotopic (exact) mass is 360 g/mol. The van der Waals surface area contributed by atoms with Gasteiger partial charge in [0, 0.05) is 25.7 Å². The van der Waals surface area contributed by atoms with Crippen molar-refractivity contribution in [3.05, 3.63) is 24.3 Å². The molecule has 0 unspecified atom stereocenters. The van der Waals surface area contributed by atoms with Gasteiger partial charge in [-0.2, -0.15) is 0 Å². The molecule has 0 radical (unpaired) electrons. The summed E-state index contributed by atoms with van der Waals surface area (Å²) < 4.78 is 12.1. The normalized spacial score (nSPS) is 24.2. The molecule has 0 bridgehead atoms. The Kier molecular flexibility index (Phi) is 4.52. The molecule has 2 aliphatic rings. The lowest BCUT2D eigenvalue weighted by Crippen LogP contribution is -2.41. The minimum Gasteiger partial charge on any atom is -0.465 e. The van der Waals surface area contributed by atoms with Crippen LogP contribution in [0.4, 0.5) is 10.5 Å². The summed E-state index contributed by atoms with van der Waals surface area (Å²) in [6.07, 6.45) is -0.831. The predicted octanol–water partition coefficient (Wildman–Crippen LogP) is 1.70. The van der Waals surface area contributed by atoms with Gasteiger partial charge in [-0.05, 0) is 45.3 Å². The van der Waals surface area contributed by atoms with Crippen molar-refractivity contribution >= 4 is 30.3 Å². The first kappa shape index (κ1) is 18.7. The van der Waals surface area contributed by atoms with Crippen LogP contribution in [-0.2, 0) is 14.1 Å². The van der Waals surface area contributed by atoms with Crippen molar-refractivity contribution in [1.29, 1.82) is 0 Å². The van der Waals surface area contributed by atoms with Crippen molar-refractivity contribution in [3.8, 4) is 0 Å². The molecule has 1 N–H and O–H groups in total. The third-order valence-corrected chi connectivity index (χ3v) is 5.68. The van der Waals surface area contributed by atoms with E-state index in [9.17, 15) is 9.59 Å². The van der Waals surface area contributed by atoms with Crippen molar-refractivity contribution in [1.82, 2.24) is 4.90 Å². The van der Waals surface area contributed by atoms with Crippen LogP contribution >= 0.6 is 0 Å². The Morgan fingerprint density at radius 3 is 2.23 bits per heavy atom. The molecule has 2 saturated heterocycles. The van der Waals surface area contributed by atoms with Crippen LogP contribution in [0, 0.1) is 0 Å². The summed E-state index contributed by atoms with van der Waals surface area (Å²) in [7, 11) is 1.04. The Morgan fingerprint density at radius 1 is 1.19 bits per heavy atom. The molecule has 140 valence electrons. The Labute approximate surface area is 154 Å². The number of anilines is 1. The SMILES string of the molecule is CN(C(=O)O)[C@H]1CC(=O)N(c2ccc(B3OC(C)(C)C(C)(C)O3)cc2)C1. The Bertz CT molecular complexity index is 703. The minimum atomic E-state index is -1.03. The third-order valence-electron chi connectivity index (χ3n) is 5.68. The van der Waals surface area contributed by atoms with E-state index in [-0.39, 0.29) is 18.4 Å². The average Bonchev–Trinajstić information content (AvgIpc) is 3.04. The minimum absolute atomic E-state index is 0.0773. The van der Waals surface area contributed by atoms with E-state index in [1.54, 1.807) is 4.90 Å². The first-order chi connectivity index (χ1) is 12.0. The fraction of sp³-hybridized carbons (Fsp3) is 0.556. The van der Waals surface area contributed by atoms with Gasteiger partial charge in [0.1, 0.15) is 0 Å². The molecule has 0 spiro atoms. The van der Waals surface area contributed by atoms with E-state index in [0.29, 0.717) is 6.54 Å². The number of hydrogen-bond acceptors (Lipinski definition) is 4. The van der Waals surface area contributed by atoms with Crippen LogP contribution in [0.5, 0.6) is 0 Å². The zero-order chi connectivity index (χ0) is 19.3. The second kappa shape index (κ2) is 6.28. The molecule has 2 heterocycles. The smallest absolute Gasteiger partial charge is 0.465 e. The fourth-order valence-corrected chi connectivity index (χ4v) is 3.14. The maximum absolute atomic E-state index is 12.3. The maximum atomic E-state index is 12.3. The molecule has 1 aromatic rings. The van der Waals surface area contributed by atoms with Crippen molar-refractivity contribution in [2.45, 2.75) is 51.4 Å². The lowest BCUT2D eigenvalue weighted by molar-refractivity contribution is -0.117. The summed E-state index contributed by atoms with van der Waals surface area (Å²) in [6, 6.07) is 7.14. The number of carbonyl (C=O) groups is 2. The van der Waals surface area contributed by atoms with Crippen molar-refractivity contribution < 1.29 is 24.0 Å². The van der Waals surface area contributed by atoms with Gasteiger partial charge in [0.2, 0.25) is 5.91 Å². The average molecular weight is 360 g/mol. The molecule has 8 heteroatoms. The van der Waals surface area contributed by atoms with Gasteiger partial charge in [0.05, 0.1) is 17.2 Å². The number of benzene rings is 1. The highest BCUT2D eigenvalue weighted by Gasteiger charge is 2.51. The van der Waals surface area contributed by atoms with E-state index < -0.39 is 24.4 Å². The zero-order valence-electron chi connectivity index (χ0n) is 15.9. The standard InChI is InChI=1S/C18H25BN2O5/c1-17(2)18(3,4)26-19(25-17)12-6-8-13(9-7-12)21-11-14(10-15(21)22)20(5)16(23)24/h6-9,14H,10-11H2,1-5H3,(H,23,24)/t14-/m0/s1. The summed E-state index contributed by atoms with van der Waals surface area (Å²) in [6.45, 7) is 8.37. The van der Waals surface area contributed by atoms with Gasteiger partial charge >= 0.3 is 13.2 Å². The van der Waals surface area contributed by atoms with Crippen LogP contribution in [0.15, 0.2) is 24.3 Å². The molecule has 26 heavy (non-hydrogen) atoms. The maximum Gasteiger partial charge on any atom is 0.494 e.